The number of imidazole rings is 1. The van der Waals surface area contributed by atoms with Crippen molar-refractivity contribution < 1.29 is 9.36 Å². The van der Waals surface area contributed by atoms with Crippen molar-refractivity contribution in [1.82, 2.24) is 9.97 Å². The van der Waals surface area contributed by atoms with Gasteiger partial charge >= 0.3 is 5.16 Å². The maximum atomic E-state index is 12.5. The number of hydrogen-bond donors (Lipinski definition) is 2. The van der Waals surface area contributed by atoms with Crippen LogP contribution in [0.15, 0.2) is 41.8 Å². The van der Waals surface area contributed by atoms with E-state index in [1.54, 1.807) is 0 Å². The smallest absolute Gasteiger partial charge is 0.301 e. The molecule has 5 nitrogen and oxygen atoms in total. The Labute approximate surface area is 136 Å². The summed E-state index contributed by atoms with van der Waals surface area (Å²) in [5, 5.41) is 4.40. The second kappa shape index (κ2) is 6.50. The minimum Gasteiger partial charge on any atom is -0.301 e. The number of rotatable bonds is 5. The van der Waals surface area contributed by atoms with Crippen LogP contribution in [0.1, 0.15) is 13.3 Å². The van der Waals surface area contributed by atoms with Gasteiger partial charge in [0.1, 0.15) is 12.4 Å². The van der Waals surface area contributed by atoms with E-state index in [9.17, 15) is 4.79 Å². The lowest BCUT2D eigenvalue weighted by Gasteiger charge is -2.10. The number of carbonyl (C=O) groups is 1. The number of H-pyrrole nitrogens is 1. The molecular weight excluding hydrogens is 316 g/mol. The van der Waals surface area contributed by atoms with E-state index >= 15 is 0 Å². The minimum absolute atomic E-state index is 0.0128. The molecule has 2 heterocycles. The quantitative estimate of drug-likeness (QED) is 0.557. The van der Waals surface area contributed by atoms with Crippen molar-refractivity contribution in [3.8, 4) is 0 Å². The molecule has 2 N–H and O–H groups in total. The van der Waals surface area contributed by atoms with Crippen LogP contribution in [0.3, 0.4) is 0 Å². The van der Waals surface area contributed by atoms with Crippen molar-refractivity contribution in [3.63, 3.8) is 0 Å². The largest absolute Gasteiger partial charge is 0.316 e. The van der Waals surface area contributed by atoms with E-state index in [1.165, 1.54) is 23.1 Å². The number of benzene rings is 1. The molecule has 114 valence electrons. The number of amides is 1. The molecule has 2 aromatic heterocycles. The SMILES string of the molecule is CCC(Sc1[nH]cc[n+]1C)C(=O)Nc1nc2ccccc2s1. The topological polar surface area (TPSA) is 61.7 Å². The van der Waals surface area contributed by atoms with Gasteiger partial charge in [-0.25, -0.2) is 14.5 Å². The van der Waals surface area contributed by atoms with Crippen LogP contribution in [0.5, 0.6) is 0 Å². The molecule has 1 aromatic carbocycles. The maximum Gasteiger partial charge on any atom is 0.316 e. The van der Waals surface area contributed by atoms with Crippen molar-refractivity contribution in [3.05, 3.63) is 36.7 Å². The van der Waals surface area contributed by atoms with Crippen molar-refractivity contribution >= 4 is 44.4 Å². The van der Waals surface area contributed by atoms with E-state index in [-0.39, 0.29) is 11.2 Å². The fourth-order valence-electron chi connectivity index (χ4n) is 2.08. The first-order chi connectivity index (χ1) is 10.7. The Morgan fingerprint density at radius 1 is 1.50 bits per heavy atom. The van der Waals surface area contributed by atoms with E-state index in [0.29, 0.717) is 5.13 Å². The van der Waals surface area contributed by atoms with Crippen molar-refractivity contribution in [2.24, 2.45) is 7.05 Å². The van der Waals surface area contributed by atoms with Gasteiger partial charge in [0.25, 0.3) is 0 Å². The van der Waals surface area contributed by atoms with E-state index in [0.717, 1.165) is 21.8 Å². The van der Waals surface area contributed by atoms with E-state index in [1.807, 2.05) is 55.2 Å². The van der Waals surface area contributed by atoms with Gasteiger partial charge in [-0.3, -0.25) is 4.79 Å². The van der Waals surface area contributed by atoms with Gasteiger partial charge < -0.3 is 5.32 Å². The number of thiazole rings is 1. The third-order valence-corrected chi connectivity index (χ3v) is 5.68. The third kappa shape index (κ3) is 3.15. The molecule has 3 aromatic rings. The molecule has 0 aliphatic rings. The monoisotopic (exact) mass is 333 g/mol. The van der Waals surface area contributed by atoms with Crippen molar-refractivity contribution in [1.29, 1.82) is 0 Å². The molecule has 0 aliphatic heterocycles. The first-order valence-corrected chi connectivity index (χ1v) is 8.73. The highest BCUT2D eigenvalue weighted by molar-refractivity contribution is 8.00. The van der Waals surface area contributed by atoms with Crippen LogP contribution in [0, 0.1) is 0 Å². The van der Waals surface area contributed by atoms with E-state index in [2.05, 4.69) is 15.3 Å². The fraction of sp³-hybridized carbons (Fsp3) is 0.267. The molecule has 22 heavy (non-hydrogen) atoms. The highest BCUT2D eigenvalue weighted by atomic mass is 32.2. The Bertz CT molecular complexity index is 763. The lowest BCUT2D eigenvalue weighted by Crippen LogP contribution is -2.31. The molecule has 0 saturated carbocycles. The van der Waals surface area contributed by atoms with Crippen molar-refractivity contribution in [2.45, 2.75) is 23.8 Å². The summed E-state index contributed by atoms with van der Waals surface area (Å²) in [6, 6.07) is 7.88. The second-order valence-corrected chi connectivity index (χ2v) is 7.09. The number of aromatic amines is 1. The lowest BCUT2D eigenvalue weighted by atomic mass is 10.3. The molecule has 1 unspecified atom stereocenters. The van der Waals surface area contributed by atoms with Crippen LogP contribution < -0.4 is 9.88 Å². The van der Waals surface area contributed by atoms with Crippen LogP contribution in [-0.2, 0) is 11.8 Å². The van der Waals surface area contributed by atoms with Gasteiger partial charge in [-0.1, -0.05) is 30.4 Å². The number of thioether (sulfide) groups is 1. The Morgan fingerprint density at radius 3 is 3.00 bits per heavy atom. The molecule has 0 spiro atoms. The predicted octanol–water partition coefficient (Wildman–Crippen LogP) is 2.96. The molecule has 0 saturated heterocycles. The summed E-state index contributed by atoms with van der Waals surface area (Å²) in [6.07, 6.45) is 4.54. The fourth-order valence-corrected chi connectivity index (χ4v) is 3.91. The average Bonchev–Trinajstić information content (AvgIpc) is 3.10. The zero-order valence-corrected chi connectivity index (χ0v) is 14.0. The van der Waals surface area contributed by atoms with E-state index < -0.39 is 0 Å². The van der Waals surface area contributed by atoms with Crippen LogP contribution in [0.4, 0.5) is 5.13 Å². The summed E-state index contributed by atoms with van der Waals surface area (Å²) >= 11 is 3.03. The minimum atomic E-state index is -0.156. The Kier molecular flexibility index (Phi) is 4.44. The van der Waals surface area contributed by atoms with Gasteiger partial charge in [0, 0.05) is 0 Å². The van der Waals surface area contributed by atoms with Crippen molar-refractivity contribution in [2.75, 3.05) is 5.32 Å². The average molecular weight is 333 g/mol. The van der Waals surface area contributed by atoms with Gasteiger partial charge in [0.2, 0.25) is 5.91 Å². The second-order valence-electron chi connectivity index (χ2n) is 4.87. The van der Waals surface area contributed by atoms with Gasteiger partial charge in [0.15, 0.2) is 5.13 Å². The molecule has 0 aliphatic carbocycles. The number of fused-ring (bicyclic) bond motifs is 1. The number of nitrogens with one attached hydrogen (secondary N) is 2. The summed E-state index contributed by atoms with van der Waals surface area (Å²) in [6.45, 7) is 2.01. The summed E-state index contributed by atoms with van der Waals surface area (Å²) in [5.41, 5.74) is 0.916. The number of para-hydroxylation sites is 1. The summed E-state index contributed by atoms with van der Waals surface area (Å²) < 4.78 is 3.05. The zero-order valence-electron chi connectivity index (χ0n) is 12.4. The summed E-state index contributed by atoms with van der Waals surface area (Å²) in [4.78, 5) is 20.1. The lowest BCUT2D eigenvalue weighted by molar-refractivity contribution is -0.708. The van der Waals surface area contributed by atoms with Gasteiger partial charge in [-0.05, 0) is 30.3 Å². The van der Waals surface area contributed by atoms with E-state index in [4.69, 9.17) is 0 Å². The van der Waals surface area contributed by atoms with Crippen LogP contribution in [0.2, 0.25) is 0 Å². The highest BCUT2D eigenvalue weighted by Crippen LogP contribution is 2.27. The van der Waals surface area contributed by atoms with Gasteiger partial charge in [-0.2, -0.15) is 0 Å². The first kappa shape index (κ1) is 15.1. The van der Waals surface area contributed by atoms with Gasteiger partial charge in [0.05, 0.1) is 22.5 Å². The first-order valence-electron chi connectivity index (χ1n) is 7.03. The highest BCUT2D eigenvalue weighted by Gasteiger charge is 2.23. The number of hydrogen-bond acceptors (Lipinski definition) is 4. The summed E-state index contributed by atoms with van der Waals surface area (Å²) in [5.74, 6) is -0.0128. The molecule has 3 rings (SSSR count). The van der Waals surface area contributed by atoms with Crippen LogP contribution in [-0.4, -0.2) is 21.1 Å². The Hall–Kier alpha value is -1.86. The van der Waals surface area contributed by atoms with Crippen LogP contribution in [0.25, 0.3) is 10.2 Å². The molecular formula is C15H17N4OS2+. The zero-order chi connectivity index (χ0) is 15.5. The molecule has 0 radical (unpaired) electrons. The molecule has 0 bridgehead atoms. The molecule has 1 amide bonds. The maximum absolute atomic E-state index is 12.5. The number of aryl methyl sites for hydroxylation is 1. The standard InChI is InChI=1S/C15H16N4OS2/c1-3-11(22-15-16-8-9-19(15)2)13(20)18-14-17-10-6-4-5-7-12(10)21-14/h4-9,11H,3H2,1-2H3,(H,17,18,20)/p+1. The number of aromatic nitrogens is 3. The number of nitrogens with zero attached hydrogens (tertiary/aromatic N) is 2. The van der Waals surface area contributed by atoms with Gasteiger partial charge in [-0.15, -0.1) is 0 Å². The Balaban J connectivity index is 1.72. The molecule has 7 heteroatoms. The number of anilines is 1. The Morgan fingerprint density at radius 2 is 2.32 bits per heavy atom. The normalized spacial score (nSPS) is 12.5. The predicted molar refractivity (Wildman–Crippen MR) is 90.2 cm³/mol. The molecule has 0 fully saturated rings. The number of carbonyl (C=O) groups excluding carboxylic acids is 1. The molecule has 1 atom stereocenters. The third-order valence-electron chi connectivity index (χ3n) is 3.27. The summed E-state index contributed by atoms with van der Waals surface area (Å²) in [7, 11) is 1.96. The van der Waals surface area contributed by atoms with Crippen LogP contribution >= 0.6 is 23.1 Å².